The van der Waals surface area contributed by atoms with E-state index in [1.165, 1.54) is 6.07 Å². The van der Waals surface area contributed by atoms with Gasteiger partial charge in [-0.25, -0.2) is 0 Å². The fourth-order valence-electron chi connectivity index (χ4n) is 2.15. The van der Waals surface area contributed by atoms with E-state index < -0.39 is 4.92 Å². The summed E-state index contributed by atoms with van der Waals surface area (Å²) in [5.74, 6) is -0.273. The van der Waals surface area contributed by atoms with Crippen molar-refractivity contribution in [3.63, 3.8) is 0 Å². The van der Waals surface area contributed by atoms with Gasteiger partial charge in [0.2, 0.25) is 0 Å². The number of carbonyl (C=O) groups is 1. The summed E-state index contributed by atoms with van der Waals surface area (Å²) in [5, 5.41) is 13.7. The fourth-order valence-corrected chi connectivity index (χ4v) is 3.05. The highest BCUT2D eigenvalue weighted by molar-refractivity contribution is 7.14. The molecule has 5 nitrogen and oxygen atoms in total. The Bertz CT molecular complexity index is 693. The Morgan fingerprint density at radius 1 is 1.32 bits per heavy atom. The molecular weight excluding hydrogens is 300 g/mol. The van der Waals surface area contributed by atoms with E-state index in [-0.39, 0.29) is 17.0 Å². The average Bonchev–Trinajstić information content (AvgIpc) is 2.88. The van der Waals surface area contributed by atoms with Crippen molar-refractivity contribution in [1.82, 2.24) is 5.32 Å². The molecule has 0 unspecified atom stereocenters. The minimum Gasteiger partial charge on any atom is -0.350 e. The van der Waals surface area contributed by atoms with Gasteiger partial charge in [0.15, 0.2) is 0 Å². The van der Waals surface area contributed by atoms with Gasteiger partial charge in [-0.1, -0.05) is 44.2 Å². The van der Waals surface area contributed by atoms with Crippen LogP contribution >= 0.6 is 11.3 Å². The normalized spacial score (nSPS) is 11.2. The summed E-state index contributed by atoms with van der Waals surface area (Å²) in [6, 6.07) is 11.3. The first kappa shape index (κ1) is 16.2. The van der Waals surface area contributed by atoms with Gasteiger partial charge in [-0.3, -0.25) is 14.9 Å². The van der Waals surface area contributed by atoms with Crippen molar-refractivity contribution < 1.29 is 9.72 Å². The van der Waals surface area contributed by atoms with Gasteiger partial charge in [-0.2, -0.15) is 0 Å². The number of nitrogens with one attached hydrogen (secondary N) is 1. The van der Waals surface area contributed by atoms with Crippen LogP contribution in [0.15, 0.2) is 36.4 Å². The molecule has 1 aromatic carbocycles. The van der Waals surface area contributed by atoms with Crippen LogP contribution in [0.3, 0.4) is 0 Å². The maximum Gasteiger partial charge on any atom is 0.283 e. The largest absolute Gasteiger partial charge is 0.350 e. The Kier molecular flexibility index (Phi) is 4.61. The van der Waals surface area contributed by atoms with Gasteiger partial charge >= 0.3 is 0 Å². The standard InChI is InChI=1S/C16H18N2O3S/c1-11-13(18(20)21)9-14(22-11)15(19)17-10-16(2,3)12-7-5-4-6-8-12/h4-9H,10H2,1-3H3,(H,17,19). The van der Waals surface area contributed by atoms with Gasteiger partial charge in [0.05, 0.1) is 14.7 Å². The number of hydrogen-bond donors (Lipinski definition) is 1. The molecule has 2 aromatic rings. The average molecular weight is 318 g/mol. The zero-order valence-electron chi connectivity index (χ0n) is 12.8. The van der Waals surface area contributed by atoms with Crippen molar-refractivity contribution in [3.8, 4) is 0 Å². The molecule has 0 saturated carbocycles. The highest BCUT2D eigenvalue weighted by atomic mass is 32.1. The summed E-state index contributed by atoms with van der Waals surface area (Å²) in [6.07, 6.45) is 0. The molecule has 0 saturated heterocycles. The van der Waals surface area contributed by atoms with Crippen LogP contribution < -0.4 is 5.32 Å². The van der Waals surface area contributed by atoms with Crippen molar-refractivity contribution >= 4 is 22.9 Å². The molecule has 116 valence electrons. The van der Waals surface area contributed by atoms with Crippen molar-refractivity contribution in [2.75, 3.05) is 6.54 Å². The van der Waals surface area contributed by atoms with Gasteiger partial charge in [0, 0.05) is 18.0 Å². The Morgan fingerprint density at radius 3 is 2.50 bits per heavy atom. The van der Waals surface area contributed by atoms with Crippen molar-refractivity contribution in [1.29, 1.82) is 0 Å². The molecule has 0 aliphatic heterocycles. The zero-order valence-corrected chi connectivity index (χ0v) is 13.6. The van der Waals surface area contributed by atoms with E-state index in [9.17, 15) is 14.9 Å². The van der Waals surface area contributed by atoms with Gasteiger partial charge in [0.1, 0.15) is 0 Å². The molecule has 0 atom stereocenters. The molecule has 1 aromatic heterocycles. The van der Waals surface area contributed by atoms with Crippen LogP contribution in [-0.4, -0.2) is 17.4 Å². The van der Waals surface area contributed by atoms with Crippen LogP contribution in [-0.2, 0) is 5.41 Å². The van der Waals surface area contributed by atoms with E-state index in [4.69, 9.17) is 0 Å². The molecule has 0 aliphatic carbocycles. The quantitative estimate of drug-likeness (QED) is 0.675. The summed E-state index contributed by atoms with van der Waals surface area (Å²) in [5.41, 5.74) is 0.913. The highest BCUT2D eigenvalue weighted by Crippen LogP contribution is 2.28. The van der Waals surface area contributed by atoms with Gasteiger partial charge in [-0.15, -0.1) is 11.3 Å². The molecule has 0 aliphatic rings. The Labute approximate surface area is 133 Å². The number of carbonyl (C=O) groups excluding carboxylic acids is 1. The summed E-state index contributed by atoms with van der Waals surface area (Å²) in [6.45, 7) is 6.20. The molecule has 1 amide bonds. The van der Waals surface area contributed by atoms with Crippen molar-refractivity contribution in [3.05, 3.63) is 61.8 Å². The fraction of sp³-hybridized carbons (Fsp3) is 0.312. The smallest absolute Gasteiger partial charge is 0.283 e. The van der Waals surface area contributed by atoms with Crippen molar-refractivity contribution in [2.45, 2.75) is 26.2 Å². The molecule has 6 heteroatoms. The minimum absolute atomic E-state index is 0.00234. The number of hydrogen-bond acceptors (Lipinski definition) is 4. The SMILES string of the molecule is Cc1sc(C(=O)NCC(C)(C)c2ccccc2)cc1[N+](=O)[O-]. The van der Waals surface area contributed by atoms with Crippen LogP contribution in [0.1, 0.15) is 34.0 Å². The van der Waals surface area contributed by atoms with Crippen LogP contribution in [0.25, 0.3) is 0 Å². The molecule has 0 spiro atoms. The number of benzene rings is 1. The second kappa shape index (κ2) is 6.27. The molecule has 1 N–H and O–H groups in total. The van der Waals surface area contributed by atoms with Gasteiger partial charge < -0.3 is 5.32 Å². The number of aryl methyl sites for hydroxylation is 1. The Hall–Kier alpha value is -2.21. The predicted molar refractivity (Wildman–Crippen MR) is 87.5 cm³/mol. The summed E-state index contributed by atoms with van der Waals surface area (Å²) < 4.78 is 0. The van der Waals surface area contributed by atoms with Crippen LogP contribution in [0.2, 0.25) is 0 Å². The maximum absolute atomic E-state index is 12.2. The topological polar surface area (TPSA) is 72.2 Å². The molecule has 0 bridgehead atoms. The summed E-state index contributed by atoms with van der Waals surface area (Å²) >= 11 is 1.14. The lowest BCUT2D eigenvalue weighted by Gasteiger charge is -2.25. The molecule has 2 rings (SSSR count). The van der Waals surface area contributed by atoms with E-state index >= 15 is 0 Å². The number of nitro groups is 1. The van der Waals surface area contributed by atoms with E-state index in [2.05, 4.69) is 5.32 Å². The second-order valence-corrected chi connectivity index (χ2v) is 7.00. The first-order chi connectivity index (χ1) is 10.3. The minimum atomic E-state index is -0.462. The molecule has 1 heterocycles. The van der Waals surface area contributed by atoms with Gasteiger partial charge in [0.25, 0.3) is 11.6 Å². The second-order valence-electron chi connectivity index (χ2n) is 5.74. The summed E-state index contributed by atoms with van der Waals surface area (Å²) in [4.78, 5) is 23.5. The van der Waals surface area contributed by atoms with Gasteiger partial charge in [-0.05, 0) is 12.5 Å². The Balaban J connectivity index is 2.07. The number of nitrogens with zero attached hydrogens (tertiary/aromatic N) is 1. The molecule has 22 heavy (non-hydrogen) atoms. The van der Waals surface area contributed by atoms with Crippen LogP contribution in [0.4, 0.5) is 5.69 Å². The zero-order chi connectivity index (χ0) is 16.3. The summed E-state index contributed by atoms with van der Waals surface area (Å²) in [7, 11) is 0. The molecule has 0 fully saturated rings. The van der Waals surface area contributed by atoms with E-state index in [1.54, 1.807) is 6.92 Å². The maximum atomic E-state index is 12.2. The first-order valence-electron chi connectivity index (χ1n) is 6.90. The highest BCUT2D eigenvalue weighted by Gasteiger charge is 2.23. The lowest BCUT2D eigenvalue weighted by atomic mass is 9.84. The van der Waals surface area contributed by atoms with Crippen molar-refractivity contribution in [2.24, 2.45) is 0 Å². The lowest BCUT2D eigenvalue weighted by Crippen LogP contribution is -2.36. The van der Waals surface area contributed by atoms with E-state index in [0.29, 0.717) is 16.3 Å². The predicted octanol–water partition coefficient (Wildman–Crippen LogP) is 3.67. The third kappa shape index (κ3) is 3.51. The third-order valence-corrected chi connectivity index (χ3v) is 4.60. The lowest BCUT2D eigenvalue weighted by molar-refractivity contribution is -0.385. The molecular formula is C16H18N2O3S. The number of amides is 1. The monoisotopic (exact) mass is 318 g/mol. The Morgan fingerprint density at radius 2 is 1.95 bits per heavy atom. The number of thiophene rings is 1. The first-order valence-corrected chi connectivity index (χ1v) is 7.71. The van der Waals surface area contributed by atoms with E-state index in [0.717, 1.165) is 16.9 Å². The van der Waals surface area contributed by atoms with E-state index in [1.807, 2.05) is 44.2 Å². The van der Waals surface area contributed by atoms with Crippen LogP contribution in [0.5, 0.6) is 0 Å². The third-order valence-electron chi connectivity index (χ3n) is 3.56. The van der Waals surface area contributed by atoms with Crippen LogP contribution in [0, 0.1) is 17.0 Å². The number of rotatable bonds is 5. The molecule has 0 radical (unpaired) electrons.